The fraction of sp³-hybridized carbons (Fsp3) is 0.176. The number of amides is 1. The zero-order valence-corrected chi connectivity index (χ0v) is 13.5. The van der Waals surface area contributed by atoms with Crippen molar-refractivity contribution >= 4 is 22.8 Å². The zero-order chi connectivity index (χ0) is 17.8. The zero-order valence-electron chi connectivity index (χ0n) is 13.5. The third-order valence-electron chi connectivity index (χ3n) is 3.78. The van der Waals surface area contributed by atoms with Gasteiger partial charge in [-0.1, -0.05) is 30.8 Å². The van der Waals surface area contributed by atoms with Crippen molar-refractivity contribution < 1.29 is 9.90 Å². The first-order valence-corrected chi connectivity index (χ1v) is 7.71. The number of carbonyl (C=O) groups is 1. The van der Waals surface area contributed by atoms with Gasteiger partial charge in [0.15, 0.2) is 5.65 Å². The summed E-state index contributed by atoms with van der Waals surface area (Å²) in [4.78, 5) is 19.6. The molecule has 2 heterocycles. The number of hydrogen-bond acceptors (Lipinski definition) is 6. The summed E-state index contributed by atoms with van der Waals surface area (Å²) in [6, 6.07) is 7.38. The van der Waals surface area contributed by atoms with Crippen molar-refractivity contribution in [3.63, 3.8) is 0 Å². The highest BCUT2D eigenvalue weighted by Crippen LogP contribution is 2.30. The lowest BCUT2D eigenvalue weighted by Crippen LogP contribution is -2.25. The van der Waals surface area contributed by atoms with Crippen molar-refractivity contribution in [2.75, 3.05) is 12.3 Å². The van der Waals surface area contributed by atoms with E-state index in [9.17, 15) is 9.90 Å². The molecule has 128 valence electrons. The van der Waals surface area contributed by atoms with Gasteiger partial charge in [-0.3, -0.25) is 4.79 Å². The lowest BCUT2D eigenvalue weighted by atomic mass is 10.1. The molecule has 25 heavy (non-hydrogen) atoms. The van der Waals surface area contributed by atoms with E-state index >= 15 is 0 Å². The van der Waals surface area contributed by atoms with Gasteiger partial charge >= 0.3 is 0 Å². The molecule has 0 atom stereocenters. The van der Waals surface area contributed by atoms with Gasteiger partial charge in [-0.2, -0.15) is 5.10 Å². The molecular weight excluding hydrogens is 320 g/mol. The van der Waals surface area contributed by atoms with Crippen LogP contribution in [-0.2, 0) is 17.9 Å². The first-order valence-electron chi connectivity index (χ1n) is 7.71. The Morgan fingerprint density at radius 1 is 1.32 bits per heavy atom. The molecule has 0 fully saturated rings. The van der Waals surface area contributed by atoms with Crippen LogP contribution in [0.25, 0.3) is 22.3 Å². The number of nitrogen functional groups attached to an aromatic ring is 1. The molecule has 8 nitrogen and oxygen atoms in total. The molecule has 3 aromatic rings. The number of fused-ring (bicyclic) bond motifs is 1. The topological polar surface area (TPSA) is 119 Å². The van der Waals surface area contributed by atoms with Gasteiger partial charge in [-0.15, -0.1) is 0 Å². The molecule has 0 saturated heterocycles. The molecule has 0 unspecified atom stereocenters. The molecule has 0 spiro atoms. The molecular formula is C17H18N6O2. The van der Waals surface area contributed by atoms with E-state index in [0.717, 1.165) is 11.1 Å². The molecule has 1 aromatic carbocycles. The Morgan fingerprint density at radius 3 is 2.76 bits per heavy atom. The van der Waals surface area contributed by atoms with E-state index in [1.54, 1.807) is 4.68 Å². The smallest absolute Gasteiger partial charge is 0.243 e. The van der Waals surface area contributed by atoms with Gasteiger partial charge in [0.1, 0.15) is 17.8 Å². The molecule has 0 aliphatic carbocycles. The summed E-state index contributed by atoms with van der Waals surface area (Å²) >= 11 is 0. The van der Waals surface area contributed by atoms with Crippen LogP contribution >= 0.6 is 0 Å². The van der Waals surface area contributed by atoms with Crippen LogP contribution in [0.2, 0.25) is 0 Å². The Bertz CT molecular complexity index is 917. The molecule has 0 saturated carbocycles. The lowest BCUT2D eigenvalue weighted by Gasteiger charge is -2.03. The first-order chi connectivity index (χ1) is 12.1. The van der Waals surface area contributed by atoms with Crippen LogP contribution in [0, 0.1) is 0 Å². The van der Waals surface area contributed by atoms with Gasteiger partial charge in [0.05, 0.1) is 18.5 Å². The second-order valence-corrected chi connectivity index (χ2v) is 5.38. The lowest BCUT2D eigenvalue weighted by molar-refractivity contribution is -0.116. The molecule has 0 radical (unpaired) electrons. The summed E-state index contributed by atoms with van der Waals surface area (Å²) in [5.41, 5.74) is 8.95. The van der Waals surface area contributed by atoms with Crippen molar-refractivity contribution in [1.82, 2.24) is 25.1 Å². The molecule has 0 aliphatic rings. The highest BCUT2D eigenvalue weighted by atomic mass is 16.3. The third-order valence-corrected chi connectivity index (χ3v) is 3.78. The number of nitrogens with one attached hydrogen (secondary N) is 1. The fourth-order valence-corrected chi connectivity index (χ4v) is 2.51. The van der Waals surface area contributed by atoms with Crippen LogP contribution in [0.15, 0.2) is 43.2 Å². The van der Waals surface area contributed by atoms with Crippen molar-refractivity contribution in [3.05, 3.63) is 48.8 Å². The van der Waals surface area contributed by atoms with Gasteiger partial charge < -0.3 is 16.2 Å². The molecule has 4 N–H and O–H groups in total. The van der Waals surface area contributed by atoms with E-state index in [-0.39, 0.29) is 12.5 Å². The van der Waals surface area contributed by atoms with E-state index in [4.69, 9.17) is 5.73 Å². The van der Waals surface area contributed by atoms with Crippen molar-refractivity contribution in [2.45, 2.75) is 13.2 Å². The minimum absolute atomic E-state index is 0.0241. The van der Waals surface area contributed by atoms with Crippen LogP contribution in [-0.4, -0.2) is 37.3 Å². The van der Waals surface area contributed by atoms with Crippen molar-refractivity contribution in [1.29, 1.82) is 0 Å². The van der Waals surface area contributed by atoms with Crippen LogP contribution in [0.4, 0.5) is 5.82 Å². The van der Waals surface area contributed by atoms with Gasteiger partial charge in [-0.05, 0) is 11.6 Å². The predicted molar refractivity (Wildman–Crippen MR) is 94.3 cm³/mol. The number of nitrogens with two attached hydrogens (primary N) is 1. The number of rotatable bonds is 6. The number of anilines is 1. The number of aliphatic hydroxyl groups excluding tert-OH is 1. The van der Waals surface area contributed by atoms with Gasteiger partial charge in [0.25, 0.3) is 0 Å². The quantitative estimate of drug-likeness (QED) is 0.574. The Hall–Kier alpha value is -3.26. The summed E-state index contributed by atoms with van der Waals surface area (Å²) < 4.78 is 1.69. The monoisotopic (exact) mass is 338 g/mol. The fourth-order valence-electron chi connectivity index (χ4n) is 2.51. The number of aromatic nitrogens is 4. The summed E-state index contributed by atoms with van der Waals surface area (Å²) in [6.45, 7) is 4.21. The maximum absolute atomic E-state index is 11.3. The summed E-state index contributed by atoms with van der Waals surface area (Å²) in [7, 11) is 0. The van der Waals surface area contributed by atoms with Gasteiger partial charge in [0.2, 0.25) is 5.91 Å². The maximum atomic E-state index is 11.3. The Morgan fingerprint density at radius 2 is 2.08 bits per heavy atom. The van der Waals surface area contributed by atoms with Gasteiger partial charge in [0, 0.05) is 12.1 Å². The van der Waals surface area contributed by atoms with E-state index in [1.807, 2.05) is 24.3 Å². The Balaban J connectivity index is 2.00. The van der Waals surface area contributed by atoms with Gasteiger partial charge in [-0.25, -0.2) is 14.6 Å². The predicted octanol–water partition coefficient (Wildman–Crippen LogP) is 0.870. The highest BCUT2D eigenvalue weighted by molar-refractivity contribution is 5.98. The molecule has 8 heteroatoms. The minimum Gasteiger partial charge on any atom is -0.392 e. The van der Waals surface area contributed by atoms with Crippen LogP contribution in [0.1, 0.15) is 5.56 Å². The molecule has 0 aliphatic heterocycles. The van der Waals surface area contributed by atoms with Crippen LogP contribution in [0.5, 0.6) is 0 Å². The number of hydrogen-bond donors (Lipinski definition) is 3. The Labute approximate surface area is 144 Å². The molecule has 2 aromatic heterocycles. The SMILES string of the molecule is C=CC(=O)NCCn1nc(-c2ccc(CO)cc2)c2c(N)ncnc21. The summed E-state index contributed by atoms with van der Waals surface area (Å²) in [5.74, 6) is 0.0954. The standard InChI is InChI=1S/C17H18N6O2/c1-2-13(25)19-7-8-23-17-14(16(18)20-10-21-17)15(22-23)12-5-3-11(9-24)4-6-12/h2-6,10,24H,1,7-9H2,(H,19,25)(H2,18,20,21). The summed E-state index contributed by atoms with van der Waals surface area (Å²) in [6.07, 6.45) is 2.60. The molecule has 3 rings (SSSR count). The van der Waals surface area contributed by atoms with E-state index in [0.29, 0.717) is 35.6 Å². The normalized spacial score (nSPS) is 10.8. The first kappa shape index (κ1) is 16.6. The second-order valence-electron chi connectivity index (χ2n) is 5.38. The number of nitrogens with zero attached hydrogens (tertiary/aromatic N) is 4. The number of aliphatic hydroxyl groups is 1. The minimum atomic E-state index is -0.245. The molecule has 1 amide bonds. The summed E-state index contributed by atoms with van der Waals surface area (Å²) in [5, 5.41) is 17.1. The van der Waals surface area contributed by atoms with Crippen molar-refractivity contribution in [3.8, 4) is 11.3 Å². The Kier molecular flexibility index (Phi) is 4.71. The molecule has 0 bridgehead atoms. The number of carbonyl (C=O) groups excluding carboxylic acids is 1. The van der Waals surface area contributed by atoms with Crippen molar-refractivity contribution in [2.24, 2.45) is 0 Å². The second kappa shape index (κ2) is 7.10. The highest BCUT2D eigenvalue weighted by Gasteiger charge is 2.16. The maximum Gasteiger partial charge on any atom is 0.243 e. The average molecular weight is 338 g/mol. The third kappa shape index (κ3) is 3.33. The average Bonchev–Trinajstić information content (AvgIpc) is 3.02. The van der Waals surface area contributed by atoms with E-state index in [1.165, 1.54) is 12.4 Å². The van der Waals surface area contributed by atoms with E-state index in [2.05, 4.69) is 27.0 Å². The van der Waals surface area contributed by atoms with E-state index < -0.39 is 0 Å². The number of benzene rings is 1. The van der Waals surface area contributed by atoms with Crippen LogP contribution < -0.4 is 11.1 Å². The van der Waals surface area contributed by atoms with Crippen LogP contribution in [0.3, 0.4) is 0 Å². The largest absolute Gasteiger partial charge is 0.392 e.